The second-order valence-corrected chi connectivity index (χ2v) is 5.64. The zero-order chi connectivity index (χ0) is 10.3. The maximum atomic E-state index is 13.1. The van der Waals surface area contributed by atoms with E-state index in [2.05, 4.69) is 15.9 Å². The highest BCUT2D eigenvalue weighted by Gasteiger charge is 2.27. The quantitative estimate of drug-likeness (QED) is 0.785. The molecule has 0 aliphatic carbocycles. The number of halogens is 2. The Kier molecular flexibility index (Phi) is 2.86. The van der Waals surface area contributed by atoms with E-state index in [9.17, 15) is 9.50 Å². The summed E-state index contributed by atoms with van der Waals surface area (Å²) in [7, 11) is 0. The summed E-state index contributed by atoms with van der Waals surface area (Å²) >= 11 is 5.00. The molecule has 0 radical (unpaired) electrons. The number of hydrogen-bond donors (Lipinski definition) is 1. The molecule has 0 bridgehead atoms. The fourth-order valence-corrected chi connectivity index (χ4v) is 3.45. The molecule has 1 aromatic carbocycles. The summed E-state index contributed by atoms with van der Waals surface area (Å²) in [6.45, 7) is 1.96. The van der Waals surface area contributed by atoms with Crippen LogP contribution in [-0.2, 0) is 5.75 Å². The zero-order valence-electron chi connectivity index (χ0n) is 7.63. The molecule has 0 saturated heterocycles. The third kappa shape index (κ3) is 1.71. The third-order valence-corrected chi connectivity index (χ3v) is 4.40. The van der Waals surface area contributed by atoms with Crippen molar-refractivity contribution >= 4 is 27.7 Å². The minimum absolute atomic E-state index is 0.135. The molecule has 4 heteroatoms. The average molecular weight is 277 g/mol. The topological polar surface area (TPSA) is 20.2 Å². The van der Waals surface area contributed by atoms with Gasteiger partial charge in [-0.2, -0.15) is 11.8 Å². The molecule has 2 atom stereocenters. The maximum Gasteiger partial charge on any atom is 0.124 e. The van der Waals surface area contributed by atoms with E-state index in [-0.39, 0.29) is 11.1 Å². The van der Waals surface area contributed by atoms with Gasteiger partial charge in [-0.15, -0.1) is 0 Å². The van der Waals surface area contributed by atoms with Gasteiger partial charge in [0.15, 0.2) is 0 Å². The summed E-state index contributed by atoms with van der Waals surface area (Å²) in [5.74, 6) is 0.530. The first-order valence-corrected chi connectivity index (χ1v) is 6.21. The number of fused-ring (bicyclic) bond motifs is 1. The lowest BCUT2D eigenvalue weighted by Crippen LogP contribution is -2.18. The van der Waals surface area contributed by atoms with Gasteiger partial charge in [0.05, 0.1) is 6.10 Å². The highest BCUT2D eigenvalue weighted by molar-refractivity contribution is 9.10. The predicted octanol–water partition coefficient (Wildman–Crippen LogP) is 3.26. The lowest BCUT2D eigenvalue weighted by Gasteiger charge is -2.27. The highest BCUT2D eigenvalue weighted by atomic mass is 79.9. The van der Waals surface area contributed by atoms with E-state index in [1.807, 2.05) is 6.92 Å². The smallest absolute Gasteiger partial charge is 0.124 e. The first kappa shape index (κ1) is 10.5. The SMILES string of the molecule is CC1SCc2c(Br)cc(F)cc2C1O. The lowest BCUT2D eigenvalue weighted by atomic mass is 10.0. The van der Waals surface area contributed by atoms with Crippen molar-refractivity contribution in [3.05, 3.63) is 33.5 Å². The first-order chi connectivity index (χ1) is 6.59. The molecule has 0 spiro atoms. The predicted molar refractivity (Wildman–Crippen MR) is 59.8 cm³/mol. The Morgan fingerprint density at radius 2 is 2.29 bits per heavy atom. The van der Waals surface area contributed by atoms with Gasteiger partial charge in [-0.3, -0.25) is 0 Å². The van der Waals surface area contributed by atoms with Crippen molar-refractivity contribution in [1.82, 2.24) is 0 Å². The molecule has 1 nitrogen and oxygen atoms in total. The summed E-state index contributed by atoms with van der Waals surface area (Å²) in [6.07, 6.45) is -0.559. The molecule has 0 saturated carbocycles. The van der Waals surface area contributed by atoms with E-state index in [1.54, 1.807) is 11.8 Å². The molecule has 2 unspecified atom stereocenters. The second kappa shape index (κ2) is 3.83. The van der Waals surface area contributed by atoms with E-state index in [4.69, 9.17) is 0 Å². The average Bonchev–Trinajstić information content (AvgIpc) is 2.12. The standard InChI is InChI=1S/C10H10BrFOS/c1-5-10(13)7-2-6(12)3-9(11)8(7)4-14-5/h2-3,5,10,13H,4H2,1H3. The molecular formula is C10H10BrFOS. The van der Waals surface area contributed by atoms with Crippen LogP contribution in [0.4, 0.5) is 4.39 Å². The molecule has 1 aromatic rings. The lowest BCUT2D eigenvalue weighted by molar-refractivity contribution is 0.176. The molecule has 0 amide bonds. The van der Waals surface area contributed by atoms with Crippen molar-refractivity contribution in [2.24, 2.45) is 0 Å². The Balaban J connectivity index is 2.54. The van der Waals surface area contributed by atoms with Crippen molar-refractivity contribution in [3.63, 3.8) is 0 Å². The van der Waals surface area contributed by atoms with Gasteiger partial charge in [0.2, 0.25) is 0 Å². The van der Waals surface area contributed by atoms with Crippen molar-refractivity contribution in [2.45, 2.75) is 24.0 Å². The summed E-state index contributed by atoms with van der Waals surface area (Å²) in [5, 5.41) is 10.0. The van der Waals surface area contributed by atoms with Crippen LogP contribution in [-0.4, -0.2) is 10.4 Å². The van der Waals surface area contributed by atoms with Gasteiger partial charge in [0.1, 0.15) is 5.82 Å². The van der Waals surface area contributed by atoms with Gasteiger partial charge in [-0.25, -0.2) is 4.39 Å². The summed E-state index contributed by atoms with van der Waals surface area (Å²) in [6, 6.07) is 2.88. The minimum atomic E-state index is -0.559. The molecule has 2 rings (SSSR count). The van der Waals surface area contributed by atoms with Crippen molar-refractivity contribution < 1.29 is 9.50 Å². The normalized spacial score (nSPS) is 26.0. The van der Waals surface area contributed by atoms with Crippen molar-refractivity contribution in [2.75, 3.05) is 0 Å². The summed E-state index contributed by atoms with van der Waals surface area (Å²) in [4.78, 5) is 0. The number of aliphatic hydroxyl groups is 1. The van der Waals surface area contributed by atoms with Crippen LogP contribution >= 0.6 is 27.7 Å². The maximum absolute atomic E-state index is 13.1. The molecule has 1 aliphatic heterocycles. The van der Waals surface area contributed by atoms with Gasteiger partial charge < -0.3 is 5.11 Å². The Hall–Kier alpha value is -0.0600. The molecule has 0 fully saturated rings. The van der Waals surface area contributed by atoms with Crippen LogP contribution in [0.25, 0.3) is 0 Å². The van der Waals surface area contributed by atoms with Crippen LogP contribution in [0.15, 0.2) is 16.6 Å². The van der Waals surface area contributed by atoms with Gasteiger partial charge in [0.25, 0.3) is 0 Å². The van der Waals surface area contributed by atoms with Crippen LogP contribution in [0, 0.1) is 5.82 Å². The summed E-state index contributed by atoms with van der Waals surface area (Å²) < 4.78 is 13.9. The summed E-state index contributed by atoms with van der Waals surface area (Å²) in [5.41, 5.74) is 1.74. The van der Waals surface area contributed by atoms with E-state index in [1.165, 1.54) is 12.1 Å². The van der Waals surface area contributed by atoms with Gasteiger partial charge in [-0.05, 0) is 23.3 Å². The fourth-order valence-electron chi connectivity index (χ4n) is 1.60. The number of hydrogen-bond acceptors (Lipinski definition) is 2. The molecule has 1 aliphatic rings. The second-order valence-electron chi connectivity index (χ2n) is 3.42. The molecular weight excluding hydrogens is 267 g/mol. The van der Waals surface area contributed by atoms with Gasteiger partial charge >= 0.3 is 0 Å². The first-order valence-electron chi connectivity index (χ1n) is 4.37. The van der Waals surface area contributed by atoms with Crippen LogP contribution in [0.5, 0.6) is 0 Å². The largest absolute Gasteiger partial charge is 0.387 e. The van der Waals surface area contributed by atoms with Crippen LogP contribution < -0.4 is 0 Å². The molecule has 1 heterocycles. The fraction of sp³-hybridized carbons (Fsp3) is 0.400. The number of rotatable bonds is 0. The van der Waals surface area contributed by atoms with Gasteiger partial charge in [-0.1, -0.05) is 22.9 Å². The van der Waals surface area contributed by atoms with Crippen LogP contribution in [0.2, 0.25) is 0 Å². The monoisotopic (exact) mass is 276 g/mol. The number of aliphatic hydroxyl groups excluding tert-OH is 1. The number of benzene rings is 1. The van der Waals surface area contributed by atoms with Crippen molar-refractivity contribution in [1.29, 1.82) is 0 Å². The molecule has 14 heavy (non-hydrogen) atoms. The Labute approximate surface area is 94.8 Å². The number of thioether (sulfide) groups is 1. The van der Waals surface area contributed by atoms with E-state index in [0.717, 1.165) is 21.4 Å². The Morgan fingerprint density at radius 1 is 1.57 bits per heavy atom. The van der Waals surface area contributed by atoms with Crippen molar-refractivity contribution in [3.8, 4) is 0 Å². The third-order valence-electron chi connectivity index (χ3n) is 2.45. The van der Waals surface area contributed by atoms with E-state index >= 15 is 0 Å². The molecule has 1 N–H and O–H groups in total. The Morgan fingerprint density at radius 3 is 3.00 bits per heavy atom. The van der Waals surface area contributed by atoms with Crippen LogP contribution in [0.1, 0.15) is 24.2 Å². The van der Waals surface area contributed by atoms with E-state index < -0.39 is 6.10 Å². The Bertz CT molecular complexity index is 369. The zero-order valence-corrected chi connectivity index (χ0v) is 10.0. The van der Waals surface area contributed by atoms with E-state index in [0.29, 0.717) is 0 Å². The highest BCUT2D eigenvalue weighted by Crippen LogP contribution is 2.40. The molecule has 0 aromatic heterocycles. The minimum Gasteiger partial charge on any atom is -0.387 e. The van der Waals surface area contributed by atoms with Crippen LogP contribution in [0.3, 0.4) is 0 Å². The van der Waals surface area contributed by atoms with Gasteiger partial charge in [0, 0.05) is 15.5 Å². The molecule has 76 valence electrons.